The van der Waals surface area contributed by atoms with Crippen molar-refractivity contribution in [3.05, 3.63) is 53.9 Å². The maximum Gasteiger partial charge on any atom is 0.188 e. The summed E-state index contributed by atoms with van der Waals surface area (Å²) in [7, 11) is 0. The summed E-state index contributed by atoms with van der Waals surface area (Å²) in [6.07, 6.45) is 3.27. The first-order chi connectivity index (χ1) is 13.7. The molecule has 1 unspecified atom stereocenters. The molecule has 0 saturated carbocycles. The predicted octanol–water partition coefficient (Wildman–Crippen LogP) is 3.03. The third-order valence-electron chi connectivity index (χ3n) is 5.02. The van der Waals surface area contributed by atoms with Gasteiger partial charge >= 0.3 is 0 Å². The zero-order valence-electron chi connectivity index (χ0n) is 15.4. The first kappa shape index (κ1) is 16.8. The third-order valence-corrected chi connectivity index (χ3v) is 5.02. The van der Waals surface area contributed by atoms with Crippen LogP contribution in [-0.4, -0.2) is 34.6 Å². The molecular weight excluding hydrogens is 359 g/mol. The second kappa shape index (κ2) is 6.66. The molecule has 0 spiro atoms. The number of fused-ring (bicyclic) bond motifs is 2. The number of benzene rings is 1. The summed E-state index contributed by atoms with van der Waals surface area (Å²) in [5.74, 6) is 2.57. The fourth-order valence-electron chi connectivity index (χ4n) is 3.61. The third kappa shape index (κ3) is 2.79. The summed E-state index contributed by atoms with van der Waals surface area (Å²) in [6, 6.07) is 10.0. The Morgan fingerprint density at radius 1 is 1.04 bits per heavy atom. The molecular formula is C19H19FN8. The Hall–Kier alpha value is -3.36. The average Bonchev–Trinajstić information content (AvgIpc) is 3.32. The molecule has 0 saturated heterocycles. The average molecular weight is 378 g/mol. The highest BCUT2D eigenvalue weighted by Crippen LogP contribution is 2.24. The summed E-state index contributed by atoms with van der Waals surface area (Å²) >= 11 is 0. The van der Waals surface area contributed by atoms with E-state index in [1.165, 1.54) is 6.07 Å². The van der Waals surface area contributed by atoms with Gasteiger partial charge in [0.25, 0.3) is 0 Å². The van der Waals surface area contributed by atoms with Gasteiger partial charge in [0.15, 0.2) is 17.3 Å². The van der Waals surface area contributed by atoms with Gasteiger partial charge in [0.2, 0.25) is 0 Å². The predicted molar refractivity (Wildman–Crippen MR) is 101 cm³/mol. The molecule has 0 radical (unpaired) electrons. The van der Waals surface area contributed by atoms with E-state index in [0.29, 0.717) is 22.9 Å². The second-order valence-corrected chi connectivity index (χ2v) is 6.94. The maximum absolute atomic E-state index is 14.2. The summed E-state index contributed by atoms with van der Waals surface area (Å²) in [4.78, 5) is 0. The first-order valence-electron chi connectivity index (χ1n) is 9.36. The van der Waals surface area contributed by atoms with Crippen LogP contribution in [0.4, 0.5) is 10.2 Å². The molecule has 4 heterocycles. The lowest BCUT2D eigenvalue weighted by Crippen LogP contribution is -2.18. The summed E-state index contributed by atoms with van der Waals surface area (Å²) < 4.78 is 17.9. The minimum atomic E-state index is -0.361. The smallest absolute Gasteiger partial charge is 0.188 e. The molecule has 1 aliphatic rings. The highest BCUT2D eigenvalue weighted by Gasteiger charge is 2.21. The molecule has 142 valence electrons. The molecule has 0 bridgehead atoms. The molecule has 1 atom stereocenters. The van der Waals surface area contributed by atoms with Crippen molar-refractivity contribution in [3.63, 3.8) is 0 Å². The van der Waals surface area contributed by atoms with Crippen LogP contribution in [0.5, 0.6) is 0 Å². The number of nitrogens with zero attached hydrogens (tertiary/aromatic N) is 7. The molecule has 0 aliphatic carbocycles. The van der Waals surface area contributed by atoms with E-state index in [0.717, 1.165) is 37.5 Å². The monoisotopic (exact) mass is 378 g/mol. The number of hydrogen-bond acceptors (Lipinski definition) is 6. The van der Waals surface area contributed by atoms with Crippen LogP contribution < -0.4 is 5.32 Å². The maximum atomic E-state index is 14.2. The number of anilines is 1. The van der Waals surface area contributed by atoms with Gasteiger partial charge in [0.1, 0.15) is 17.5 Å². The van der Waals surface area contributed by atoms with Gasteiger partial charge in [-0.2, -0.15) is 4.52 Å². The fourth-order valence-corrected chi connectivity index (χ4v) is 3.61. The number of hydrogen-bond donors (Lipinski definition) is 1. The molecule has 5 rings (SSSR count). The highest BCUT2D eigenvalue weighted by atomic mass is 19.1. The van der Waals surface area contributed by atoms with E-state index in [-0.39, 0.29) is 11.9 Å². The van der Waals surface area contributed by atoms with Crippen molar-refractivity contribution >= 4 is 11.5 Å². The number of halogens is 1. The topological polar surface area (TPSA) is 85.8 Å². The lowest BCUT2D eigenvalue weighted by Gasteiger charge is -2.19. The zero-order valence-corrected chi connectivity index (χ0v) is 15.4. The normalized spacial score (nSPS) is 14.8. The largest absolute Gasteiger partial charge is 0.359 e. The minimum absolute atomic E-state index is 0.0716. The van der Waals surface area contributed by atoms with Gasteiger partial charge in [-0.1, -0.05) is 12.1 Å². The number of aromatic nitrogens is 7. The van der Waals surface area contributed by atoms with Crippen LogP contribution in [0.1, 0.15) is 37.5 Å². The van der Waals surface area contributed by atoms with Crippen LogP contribution >= 0.6 is 0 Å². The van der Waals surface area contributed by atoms with Crippen LogP contribution in [0, 0.1) is 5.82 Å². The Balaban J connectivity index is 1.48. The molecule has 0 fully saturated rings. The van der Waals surface area contributed by atoms with Crippen LogP contribution in [0.2, 0.25) is 0 Å². The Labute approximate surface area is 160 Å². The van der Waals surface area contributed by atoms with E-state index in [1.807, 2.05) is 13.0 Å². The van der Waals surface area contributed by atoms with Gasteiger partial charge in [-0.05, 0) is 44.0 Å². The Morgan fingerprint density at radius 2 is 1.93 bits per heavy atom. The Bertz CT molecular complexity index is 1150. The van der Waals surface area contributed by atoms with Crippen LogP contribution in [0.25, 0.3) is 17.0 Å². The molecule has 3 aromatic heterocycles. The van der Waals surface area contributed by atoms with Crippen molar-refractivity contribution in [2.24, 2.45) is 0 Å². The van der Waals surface area contributed by atoms with Crippen molar-refractivity contribution in [2.45, 2.75) is 38.8 Å². The minimum Gasteiger partial charge on any atom is -0.359 e. The van der Waals surface area contributed by atoms with E-state index in [2.05, 4.69) is 35.4 Å². The lowest BCUT2D eigenvalue weighted by molar-refractivity contribution is 0.500. The van der Waals surface area contributed by atoms with Crippen LogP contribution in [0.3, 0.4) is 0 Å². The van der Waals surface area contributed by atoms with Crippen LogP contribution in [-0.2, 0) is 13.0 Å². The zero-order chi connectivity index (χ0) is 19.1. The van der Waals surface area contributed by atoms with Crippen molar-refractivity contribution in [1.29, 1.82) is 0 Å². The number of nitrogens with one attached hydrogen (secondary N) is 1. The van der Waals surface area contributed by atoms with Crippen molar-refractivity contribution in [2.75, 3.05) is 5.32 Å². The molecule has 8 nitrogen and oxygen atoms in total. The van der Waals surface area contributed by atoms with Crippen LogP contribution in [0.15, 0.2) is 36.4 Å². The van der Waals surface area contributed by atoms with Gasteiger partial charge in [-0.3, -0.25) is 0 Å². The van der Waals surface area contributed by atoms with Crippen molar-refractivity contribution in [3.8, 4) is 11.4 Å². The van der Waals surface area contributed by atoms with Gasteiger partial charge < -0.3 is 9.88 Å². The second-order valence-electron chi connectivity index (χ2n) is 6.94. The van der Waals surface area contributed by atoms with Gasteiger partial charge in [0.05, 0.1) is 11.6 Å². The summed E-state index contributed by atoms with van der Waals surface area (Å²) in [6.45, 7) is 2.97. The lowest BCUT2D eigenvalue weighted by atomic mass is 10.1. The molecule has 1 N–H and O–H groups in total. The molecule has 4 aromatic rings. The van der Waals surface area contributed by atoms with Gasteiger partial charge in [-0.25, -0.2) is 4.39 Å². The van der Waals surface area contributed by atoms with Gasteiger partial charge in [-0.15, -0.1) is 25.5 Å². The highest BCUT2D eigenvalue weighted by molar-refractivity contribution is 5.60. The number of rotatable bonds is 4. The van der Waals surface area contributed by atoms with E-state index in [4.69, 9.17) is 0 Å². The quantitative estimate of drug-likeness (QED) is 0.587. The van der Waals surface area contributed by atoms with Crippen molar-refractivity contribution < 1.29 is 4.39 Å². The van der Waals surface area contributed by atoms with E-state index < -0.39 is 0 Å². The standard InChI is InChI=1S/C19H19FN8/c1-12(18-24-22-16-8-4-5-11-27(16)18)21-15-9-10-17-23-25-19(28(17)26-15)13-6-2-3-7-14(13)20/h2-3,6-7,9-10,12H,4-5,8,11H2,1H3,(H,21,26). The van der Waals surface area contributed by atoms with E-state index in [9.17, 15) is 4.39 Å². The fraction of sp³-hybridized carbons (Fsp3) is 0.316. The van der Waals surface area contributed by atoms with Gasteiger partial charge in [0, 0.05) is 13.0 Å². The molecule has 28 heavy (non-hydrogen) atoms. The molecule has 9 heteroatoms. The van der Waals surface area contributed by atoms with Crippen molar-refractivity contribution in [1.82, 2.24) is 34.6 Å². The van der Waals surface area contributed by atoms with E-state index >= 15 is 0 Å². The Morgan fingerprint density at radius 3 is 2.82 bits per heavy atom. The SMILES string of the molecule is CC(Nc1ccc2nnc(-c3ccccc3F)n2n1)c1nnc2n1CCCC2. The van der Waals surface area contributed by atoms with E-state index in [1.54, 1.807) is 28.8 Å². The number of aryl methyl sites for hydroxylation is 1. The molecule has 1 aromatic carbocycles. The first-order valence-corrected chi connectivity index (χ1v) is 9.36. The summed E-state index contributed by atoms with van der Waals surface area (Å²) in [5, 5.41) is 24.8. The summed E-state index contributed by atoms with van der Waals surface area (Å²) in [5.41, 5.74) is 0.913. The molecule has 1 aliphatic heterocycles. The Kier molecular flexibility index (Phi) is 4.00. The molecule has 0 amide bonds.